The van der Waals surface area contributed by atoms with E-state index in [0.29, 0.717) is 29.2 Å². The van der Waals surface area contributed by atoms with Gasteiger partial charge in [0.25, 0.3) is 0 Å². The lowest BCUT2D eigenvalue weighted by atomic mass is 10.0. The summed E-state index contributed by atoms with van der Waals surface area (Å²) in [4.78, 5) is 25.2. The molecular weight excluding hydrogens is 324 g/mol. The van der Waals surface area contributed by atoms with Gasteiger partial charge >= 0.3 is 0 Å². The molecule has 0 spiro atoms. The summed E-state index contributed by atoms with van der Waals surface area (Å²) >= 11 is 5.93. The fourth-order valence-corrected chi connectivity index (χ4v) is 2.81. The smallest absolute Gasteiger partial charge is 0.240 e. The largest absolute Gasteiger partial charge is 0.325 e. The second-order valence-corrected chi connectivity index (χ2v) is 6.75. The normalized spacial score (nSPS) is 14.8. The van der Waals surface area contributed by atoms with Gasteiger partial charge in [-0.25, -0.2) is 0 Å². The van der Waals surface area contributed by atoms with Gasteiger partial charge in [0.1, 0.15) is 5.41 Å². The SMILES string of the molecule is Cc1ccc(NC(=O)C2(C(=O)Nc3ccc(Cl)cc3C)CC2)cc1. The number of hydrogen-bond donors (Lipinski definition) is 2. The van der Waals surface area contributed by atoms with Gasteiger partial charge in [-0.05, 0) is 62.6 Å². The van der Waals surface area contributed by atoms with Gasteiger partial charge in [-0.3, -0.25) is 9.59 Å². The third kappa shape index (κ3) is 3.29. The number of halogens is 1. The second kappa shape index (κ2) is 6.29. The Kier molecular flexibility index (Phi) is 4.33. The lowest BCUT2D eigenvalue weighted by Crippen LogP contribution is -2.35. The van der Waals surface area contributed by atoms with Gasteiger partial charge < -0.3 is 10.6 Å². The van der Waals surface area contributed by atoms with Gasteiger partial charge in [-0.15, -0.1) is 0 Å². The Morgan fingerprint density at radius 2 is 1.58 bits per heavy atom. The van der Waals surface area contributed by atoms with Gasteiger partial charge in [0.2, 0.25) is 11.8 Å². The quantitative estimate of drug-likeness (QED) is 0.813. The lowest BCUT2D eigenvalue weighted by molar-refractivity contribution is -0.131. The highest BCUT2D eigenvalue weighted by molar-refractivity contribution is 6.30. The van der Waals surface area contributed by atoms with Crippen molar-refractivity contribution in [1.82, 2.24) is 0 Å². The van der Waals surface area contributed by atoms with Crippen molar-refractivity contribution < 1.29 is 9.59 Å². The molecule has 1 aliphatic rings. The standard InChI is InChI=1S/C19H19ClN2O2/c1-12-3-6-15(7-4-12)21-17(23)19(9-10-19)18(24)22-16-8-5-14(20)11-13(16)2/h3-8,11H,9-10H2,1-2H3,(H,21,23)(H,22,24). The molecule has 2 aromatic carbocycles. The van der Waals surface area contributed by atoms with Gasteiger partial charge in [-0.1, -0.05) is 29.3 Å². The van der Waals surface area contributed by atoms with Crippen LogP contribution in [-0.2, 0) is 9.59 Å². The van der Waals surface area contributed by atoms with Crippen LogP contribution >= 0.6 is 11.6 Å². The van der Waals surface area contributed by atoms with Crippen molar-refractivity contribution in [2.45, 2.75) is 26.7 Å². The minimum Gasteiger partial charge on any atom is -0.325 e. The number of hydrogen-bond acceptors (Lipinski definition) is 2. The van der Waals surface area contributed by atoms with E-state index in [1.807, 2.05) is 38.1 Å². The molecule has 0 aliphatic heterocycles. The van der Waals surface area contributed by atoms with Crippen molar-refractivity contribution in [3.8, 4) is 0 Å². The molecule has 3 rings (SSSR count). The topological polar surface area (TPSA) is 58.2 Å². The fourth-order valence-electron chi connectivity index (χ4n) is 2.58. The zero-order valence-electron chi connectivity index (χ0n) is 13.7. The molecule has 0 radical (unpaired) electrons. The average molecular weight is 343 g/mol. The summed E-state index contributed by atoms with van der Waals surface area (Å²) in [5.74, 6) is -0.520. The fraction of sp³-hybridized carbons (Fsp3) is 0.263. The summed E-state index contributed by atoms with van der Waals surface area (Å²) in [5.41, 5.74) is 2.39. The zero-order valence-corrected chi connectivity index (χ0v) is 14.4. The summed E-state index contributed by atoms with van der Waals surface area (Å²) in [6.07, 6.45) is 1.12. The van der Waals surface area contributed by atoms with Gasteiger partial charge in [0, 0.05) is 16.4 Å². The van der Waals surface area contributed by atoms with E-state index < -0.39 is 5.41 Å². The number of nitrogens with one attached hydrogen (secondary N) is 2. The molecule has 1 aliphatic carbocycles. The molecule has 24 heavy (non-hydrogen) atoms. The Labute approximate surface area is 146 Å². The first-order valence-electron chi connectivity index (χ1n) is 7.86. The lowest BCUT2D eigenvalue weighted by Gasteiger charge is -2.16. The molecule has 0 saturated heterocycles. The van der Waals surface area contributed by atoms with E-state index in [9.17, 15) is 9.59 Å². The maximum Gasteiger partial charge on any atom is 0.240 e. The summed E-state index contributed by atoms with van der Waals surface area (Å²) in [6.45, 7) is 3.85. The molecule has 0 atom stereocenters. The van der Waals surface area contributed by atoms with Crippen LogP contribution in [0.2, 0.25) is 5.02 Å². The van der Waals surface area contributed by atoms with Crippen molar-refractivity contribution in [3.63, 3.8) is 0 Å². The first-order valence-corrected chi connectivity index (χ1v) is 8.24. The van der Waals surface area contributed by atoms with Gasteiger partial charge in [0.05, 0.1) is 0 Å². The minimum atomic E-state index is -0.975. The Morgan fingerprint density at radius 1 is 0.958 bits per heavy atom. The highest BCUT2D eigenvalue weighted by atomic mass is 35.5. The average Bonchev–Trinajstić information content (AvgIpc) is 3.34. The maximum atomic E-state index is 12.6. The molecule has 0 bridgehead atoms. The number of aryl methyl sites for hydroxylation is 2. The second-order valence-electron chi connectivity index (χ2n) is 6.32. The number of rotatable bonds is 4. The van der Waals surface area contributed by atoms with Gasteiger partial charge in [0.15, 0.2) is 0 Å². The highest BCUT2D eigenvalue weighted by Crippen LogP contribution is 2.47. The molecule has 2 N–H and O–H groups in total. The molecular formula is C19H19ClN2O2. The predicted molar refractivity (Wildman–Crippen MR) is 96.3 cm³/mol. The van der Waals surface area contributed by atoms with Crippen LogP contribution in [0.1, 0.15) is 24.0 Å². The Hall–Kier alpha value is -2.33. The van der Waals surface area contributed by atoms with E-state index in [4.69, 9.17) is 11.6 Å². The summed E-state index contributed by atoms with van der Waals surface area (Å²) in [5, 5.41) is 6.31. The van der Waals surface area contributed by atoms with E-state index in [0.717, 1.165) is 11.1 Å². The van der Waals surface area contributed by atoms with Crippen molar-refractivity contribution in [1.29, 1.82) is 0 Å². The van der Waals surface area contributed by atoms with Crippen LogP contribution in [0.3, 0.4) is 0 Å². The van der Waals surface area contributed by atoms with Crippen molar-refractivity contribution in [2.24, 2.45) is 5.41 Å². The van der Waals surface area contributed by atoms with E-state index in [1.54, 1.807) is 18.2 Å². The van der Waals surface area contributed by atoms with Crippen LogP contribution < -0.4 is 10.6 Å². The number of benzene rings is 2. The van der Waals surface area contributed by atoms with Crippen LogP contribution in [0.4, 0.5) is 11.4 Å². The number of amides is 2. The van der Waals surface area contributed by atoms with E-state index >= 15 is 0 Å². The monoisotopic (exact) mass is 342 g/mol. The molecule has 1 fully saturated rings. The summed E-state index contributed by atoms with van der Waals surface area (Å²) in [7, 11) is 0. The minimum absolute atomic E-state index is 0.254. The number of carbonyl (C=O) groups excluding carboxylic acids is 2. The predicted octanol–water partition coefficient (Wildman–Crippen LogP) is 4.31. The van der Waals surface area contributed by atoms with Crippen LogP contribution in [-0.4, -0.2) is 11.8 Å². The molecule has 2 aromatic rings. The van der Waals surface area contributed by atoms with Crippen LogP contribution in [0.5, 0.6) is 0 Å². The Bertz CT molecular complexity index is 796. The number of carbonyl (C=O) groups is 2. The third-order valence-corrected chi connectivity index (χ3v) is 4.60. The Morgan fingerprint density at radius 3 is 2.17 bits per heavy atom. The Balaban J connectivity index is 1.71. The molecule has 0 aromatic heterocycles. The summed E-state index contributed by atoms with van der Waals surface area (Å²) < 4.78 is 0. The van der Waals surface area contributed by atoms with Crippen LogP contribution in [0.15, 0.2) is 42.5 Å². The first kappa shape index (κ1) is 16.5. The molecule has 5 heteroatoms. The molecule has 0 unspecified atom stereocenters. The maximum absolute atomic E-state index is 12.6. The molecule has 4 nitrogen and oxygen atoms in total. The van der Waals surface area contributed by atoms with E-state index in [2.05, 4.69) is 10.6 Å². The van der Waals surface area contributed by atoms with E-state index in [1.165, 1.54) is 0 Å². The molecule has 2 amide bonds. The van der Waals surface area contributed by atoms with Crippen molar-refractivity contribution in [3.05, 3.63) is 58.6 Å². The first-order chi connectivity index (χ1) is 11.4. The molecule has 124 valence electrons. The molecule has 0 heterocycles. The van der Waals surface area contributed by atoms with Crippen molar-refractivity contribution in [2.75, 3.05) is 10.6 Å². The number of anilines is 2. The molecule has 1 saturated carbocycles. The highest BCUT2D eigenvalue weighted by Gasteiger charge is 2.56. The van der Waals surface area contributed by atoms with Crippen molar-refractivity contribution >= 4 is 34.8 Å². The van der Waals surface area contributed by atoms with E-state index in [-0.39, 0.29) is 11.8 Å². The zero-order chi connectivity index (χ0) is 17.3. The summed E-state index contributed by atoms with van der Waals surface area (Å²) in [6, 6.07) is 12.8. The van der Waals surface area contributed by atoms with Crippen LogP contribution in [0.25, 0.3) is 0 Å². The van der Waals surface area contributed by atoms with Crippen LogP contribution in [0, 0.1) is 19.3 Å². The van der Waals surface area contributed by atoms with Gasteiger partial charge in [-0.2, -0.15) is 0 Å². The third-order valence-electron chi connectivity index (χ3n) is 4.37.